The van der Waals surface area contributed by atoms with Crippen molar-refractivity contribution < 1.29 is 14.3 Å². The largest absolute Gasteiger partial charge is 0.494 e. The molecule has 0 atom stereocenters. The summed E-state index contributed by atoms with van der Waals surface area (Å²) >= 11 is 0. The Hall–Kier alpha value is -3.34. The molecule has 0 bridgehead atoms. The summed E-state index contributed by atoms with van der Waals surface area (Å²) in [6.45, 7) is 5.23. The molecular formula is C23H24N2O3. The van der Waals surface area contributed by atoms with Crippen LogP contribution >= 0.6 is 0 Å². The fourth-order valence-corrected chi connectivity index (χ4v) is 2.91. The number of rotatable bonds is 8. The Labute approximate surface area is 165 Å². The number of benzene rings is 2. The molecule has 0 fully saturated rings. The molecular weight excluding hydrogens is 352 g/mol. The average Bonchev–Trinajstić information content (AvgIpc) is 3.15. The molecule has 0 aliphatic carbocycles. The van der Waals surface area contributed by atoms with Gasteiger partial charge in [0.05, 0.1) is 13.2 Å². The highest BCUT2D eigenvalue weighted by Crippen LogP contribution is 2.22. The molecule has 0 N–H and O–H groups in total. The molecule has 3 aromatic rings. The van der Waals surface area contributed by atoms with Crippen LogP contribution in [0.25, 0.3) is 11.6 Å². The maximum absolute atomic E-state index is 12.7. The van der Waals surface area contributed by atoms with Crippen molar-refractivity contribution in [1.82, 2.24) is 9.55 Å². The summed E-state index contributed by atoms with van der Waals surface area (Å²) in [4.78, 5) is 17.1. The lowest BCUT2D eigenvalue weighted by Gasteiger charge is -2.11. The first kappa shape index (κ1) is 19.4. The summed E-state index contributed by atoms with van der Waals surface area (Å²) in [5.74, 6) is 0.932. The molecule has 2 aromatic carbocycles. The van der Waals surface area contributed by atoms with Crippen molar-refractivity contribution in [2.24, 2.45) is 0 Å². The van der Waals surface area contributed by atoms with Gasteiger partial charge >= 0.3 is 5.97 Å². The van der Waals surface area contributed by atoms with Crippen LogP contribution in [0.5, 0.6) is 5.75 Å². The van der Waals surface area contributed by atoms with Crippen LogP contribution in [0.3, 0.4) is 0 Å². The van der Waals surface area contributed by atoms with Gasteiger partial charge in [-0.1, -0.05) is 42.5 Å². The van der Waals surface area contributed by atoms with Crippen LogP contribution in [0.2, 0.25) is 0 Å². The fourth-order valence-electron chi connectivity index (χ4n) is 2.91. The van der Waals surface area contributed by atoms with Crippen molar-refractivity contribution in [1.29, 1.82) is 0 Å². The minimum Gasteiger partial charge on any atom is -0.494 e. The second-order valence-corrected chi connectivity index (χ2v) is 6.15. The summed E-state index contributed by atoms with van der Waals surface area (Å²) < 4.78 is 12.8. The van der Waals surface area contributed by atoms with E-state index in [-0.39, 0.29) is 0 Å². The van der Waals surface area contributed by atoms with Crippen LogP contribution in [0.15, 0.2) is 67.0 Å². The van der Waals surface area contributed by atoms with Crippen molar-refractivity contribution in [3.05, 3.63) is 83.9 Å². The van der Waals surface area contributed by atoms with E-state index in [1.54, 1.807) is 19.2 Å². The third-order valence-electron chi connectivity index (χ3n) is 4.13. The lowest BCUT2D eigenvalue weighted by atomic mass is 10.1. The van der Waals surface area contributed by atoms with Crippen molar-refractivity contribution in [3.8, 4) is 5.75 Å². The maximum Gasteiger partial charge on any atom is 0.341 e. The van der Waals surface area contributed by atoms with E-state index in [1.165, 1.54) is 0 Å². The number of ether oxygens (including phenoxy) is 2. The molecule has 0 spiro atoms. The number of nitrogens with zero attached hydrogens (tertiary/aromatic N) is 2. The highest BCUT2D eigenvalue weighted by Gasteiger charge is 2.19. The van der Waals surface area contributed by atoms with Crippen molar-refractivity contribution in [3.63, 3.8) is 0 Å². The van der Waals surface area contributed by atoms with Crippen molar-refractivity contribution in [2.75, 3.05) is 13.2 Å². The second-order valence-electron chi connectivity index (χ2n) is 6.15. The smallest absolute Gasteiger partial charge is 0.341 e. The highest BCUT2D eigenvalue weighted by atomic mass is 16.5. The topological polar surface area (TPSA) is 53.4 Å². The number of esters is 1. The number of hydrogen-bond donors (Lipinski definition) is 0. The van der Waals surface area contributed by atoms with Gasteiger partial charge in [0.15, 0.2) is 0 Å². The quantitative estimate of drug-likeness (QED) is 0.431. The summed E-state index contributed by atoms with van der Waals surface area (Å²) in [5.41, 5.74) is 2.39. The normalized spacial score (nSPS) is 11.3. The Morgan fingerprint density at radius 3 is 2.64 bits per heavy atom. The summed E-state index contributed by atoms with van der Waals surface area (Å²) in [6, 6.07) is 17.7. The Kier molecular flexibility index (Phi) is 6.63. The van der Waals surface area contributed by atoms with Gasteiger partial charge in [-0.2, -0.15) is 0 Å². The molecule has 144 valence electrons. The number of carbonyl (C=O) groups excluding carboxylic acids is 1. The zero-order valence-electron chi connectivity index (χ0n) is 16.2. The molecule has 0 unspecified atom stereocenters. The predicted molar refractivity (Wildman–Crippen MR) is 110 cm³/mol. The van der Waals surface area contributed by atoms with Gasteiger partial charge in [0.25, 0.3) is 0 Å². The molecule has 5 nitrogen and oxygen atoms in total. The van der Waals surface area contributed by atoms with Crippen LogP contribution in [0.1, 0.15) is 30.8 Å². The first-order valence-electron chi connectivity index (χ1n) is 9.38. The molecule has 0 saturated carbocycles. The molecule has 28 heavy (non-hydrogen) atoms. The zero-order valence-corrected chi connectivity index (χ0v) is 16.2. The third kappa shape index (κ3) is 4.88. The minimum absolute atomic E-state index is 0.300. The van der Waals surface area contributed by atoms with Crippen molar-refractivity contribution in [2.45, 2.75) is 20.4 Å². The summed E-state index contributed by atoms with van der Waals surface area (Å²) in [7, 11) is 0. The molecule has 3 rings (SSSR count). The first-order chi connectivity index (χ1) is 13.7. The molecule has 5 heteroatoms. The third-order valence-corrected chi connectivity index (χ3v) is 4.13. The van der Waals surface area contributed by atoms with Gasteiger partial charge in [-0.15, -0.1) is 0 Å². The van der Waals surface area contributed by atoms with E-state index in [0.717, 1.165) is 16.9 Å². The van der Waals surface area contributed by atoms with E-state index in [4.69, 9.17) is 9.47 Å². The molecule has 0 aliphatic rings. The van der Waals surface area contributed by atoms with Gasteiger partial charge in [0.1, 0.15) is 17.1 Å². The van der Waals surface area contributed by atoms with E-state index < -0.39 is 5.97 Å². The first-order valence-corrected chi connectivity index (χ1v) is 9.38. The van der Waals surface area contributed by atoms with Gasteiger partial charge in [-0.05, 0) is 43.2 Å². The summed E-state index contributed by atoms with van der Waals surface area (Å²) in [6.07, 6.45) is 5.36. The van der Waals surface area contributed by atoms with Crippen LogP contribution < -0.4 is 4.74 Å². The predicted octanol–water partition coefficient (Wildman–Crippen LogP) is 4.43. The second kappa shape index (κ2) is 9.55. The summed E-state index contributed by atoms with van der Waals surface area (Å²) in [5, 5.41) is 0. The van der Waals surface area contributed by atoms with Gasteiger partial charge in [-0.25, -0.2) is 9.78 Å². The fraction of sp³-hybridized carbons (Fsp3) is 0.217. The average molecular weight is 376 g/mol. The number of imidazole rings is 1. The van der Waals surface area contributed by atoms with Crippen LogP contribution in [-0.4, -0.2) is 28.7 Å². The molecule has 1 aromatic heterocycles. The Morgan fingerprint density at radius 2 is 1.89 bits per heavy atom. The monoisotopic (exact) mass is 376 g/mol. The molecule has 0 saturated heterocycles. The minimum atomic E-state index is -0.398. The van der Waals surface area contributed by atoms with E-state index in [2.05, 4.69) is 4.98 Å². The van der Waals surface area contributed by atoms with E-state index >= 15 is 0 Å². The van der Waals surface area contributed by atoms with E-state index in [9.17, 15) is 4.79 Å². The Morgan fingerprint density at radius 1 is 1.07 bits per heavy atom. The van der Waals surface area contributed by atoms with Gasteiger partial charge < -0.3 is 14.0 Å². The SMILES string of the molecule is CCOC(=O)/C(=C/c1cccc(OCC)c1)c1nccn1Cc1ccccc1. The van der Waals surface area contributed by atoms with E-state index in [0.29, 0.717) is 31.2 Å². The van der Waals surface area contributed by atoms with Crippen LogP contribution in [-0.2, 0) is 16.1 Å². The Bertz CT molecular complexity index is 945. The van der Waals surface area contributed by atoms with Gasteiger partial charge in [0, 0.05) is 18.9 Å². The zero-order chi connectivity index (χ0) is 19.8. The standard InChI is InChI=1S/C23H24N2O3/c1-3-27-20-12-8-11-19(15-20)16-21(23(26)28-4-2)22-24-13-14-25(22)17-18-9-6-5-7-10-18/h5-16H,3-4,17H2,1-2H3/b21-16+. The van der Waals surface area contributed by atoms with Crippen LogP contribution in [0.4, 0.5) is 0 Å². The van der Waals surface area contributed by atoms with E-state index in [1.807, 2.05) is 72.3 Å². The molecule has 0 radical (unpaired) electrons. The molecule has 0 aliphatic heterocycles. The lowest BCUT2D eigenvalue weighted by molar-refractivity contribution is -0.136. The highest BCUT2D eigenvalue weighted by molar-refractivity contribution is 6.20. The number of aromatic nitrogens is 2. The molecule has 0 amide bonds. The number of carbonyl (C=O) groups is 1. The number of hydrogen-bond acceptors (Lipinski definition) is 4. The molecule has 1 heterocycles. The maximum atomic E-state index is 12.7. The van der Waals surface area contributed by atoms with Gasteiger partial charge in [-0.3, -0.25) is 0 Å². The Balaban J connectivity index is 1.99. The lowest BCUT2D eigenvalue weighted by Crippen LogP contribution is -2.12. The van der Waals surface area contributed by atoms with Crippen molar-refractivity contribution >= 4 is 17.6 Å². The van der Waals surface area contributed by atoms with Crippen LogP contribution in [0, 0.1) is 0 Å². The van der Waals surface area contributed by atoms with Gasteiger partial charge in [0.2, 0.25) is 0 Å².